The molecule has 0 unspecified atom stereocenters. The third-order valence-corrected chi connectivity index (χ3v) is 2.93. The minimum absolute atomic E-state index is 0.143. The van der Waals surface area contributed by atoms with E-state index in [4.69, 9.17) is 22.7 Å². The van der Waals surface area contributed by atoms with E-state index in [-0.39, 0.29) is 5.56 Å². The zero-order valence-corrected chi connectivity index (χ0v) is 11.9. The van der Waals surface area contributed by atoms with Crippen LogP contribution in [0, 0.1) is 6.92 Å². The van der Waals surface area contributed by atoms with Gasteiger partial charge >= 0.3 is 0 Å². The van der Waals surface area contributed by atoms with Crippen molar-refractivity contribution in [2.75, 3.05) is 6.61 Å². The molecule has 0 aliphatic carbocycles. The van der Waals surface area contributed by atoms with Crippen LogP contribution in [-0.4, -0.2) is 21.4 Å². The van der Waals surface area contributed by atoms with Crippen LogP contribution in [0.25, 0.3) is 0 Å². The highest BCUT2D eigenvalue weighted by Gasteiger charge is 2.01. The van der Waals surface area contributed by atoms with Crippen molar-refractivity contribution in [3.05, 3.63) is 58.0 Å². The van der Waals surface area contributed by atoms with Crippen LogP contribution in [0.15, 0.2) is 41.2 Å². The number of rotatable bonds is 5. The molecule has 2 N–H and O–H groups in total. The van der Waals surface area contributed by atoms with Gasteiger partial charge in [-0.1, -0.05) is 24.4 Å². The summed E-state index contributed by atoms with van der Waals surface area (Å²) in [6.45, 7) is 2.57. The Labute approximate surface area is 122 Å². The predicted molar refractivity (Wildman–Crippen MR) is 81.1 cm³/mol. The minimum atomic E-state index is -0.143. The second kappa shape index (κ2) is 6.29. The monoisotopic (exact) mass is 289 g/mol. The lowest BCUT2D eigenvalue weighted by Crippen LogP contribution is -2.25. The van der Waals surface area contributed by atoms with Crippen molar-refractivity contribution in [1.82, 2.24) is 9.78 Å². The first-order valence-electron chi connectivity index (χ1n) is 6.14. The van der Waals surface area contributed by atoms with Gasteiger partial charge in [0.05, 0.1) is 12.2 Å². The molecule has 0 bridgehead atoms. The SMILES string of the molecule is Cc1ccc(=O)n(CCOc2cccc(C(N)=S)c2)n1. The molecule has 0 spiro atoms. The molecule has 1 aromatic carbocycles. The third kappa shape index (κ3) is 3.64. The van der Waals surface area contributed by atoms with Gasteiger partial charge in [0, 0.05) is 11.6 Å². The summed E-state index contributed by atoms with van der Waals surface area (Å²) in [5.74, 6) is 0.663. The van der Waals surface area contributed by atoms with E-state index in [1.54, 1.807) is 12.1 Å². The number of nitrogens with two attached hydrogens (primary N) is 1. The van der Waals surface area contributed by atoms with Crippen LogP contribution >= 0.6 is 12.2 Å². The quantitative estimate of drug-likeness (QED) is 0.839. The maximum atomic E-state index is 11.6. The highest BCUT2D eigenvalue weighted by molar-refractivity contribution is 7.80. The Morgan fingerprint density at radius 1 is 1.40 bits per heavy atom. The zero-order valence-electron chi connectivity index (χ0n) is 11.1. The van der Waals surface area contributed by atoms with Crippen LogP contribution in [0.1, 0.15) is 11.3 Å². The number of hydrogen-bond donors (Lipinski definition) is 1. The molecule has 0 saturated heterocycles. The van der Waals surface area contributed by atoms with Gasteiger partial charge in [-0.2, -0.15) is 5.10 Å². The van der Waals surface area contributed by atoms with Crippen LogP contribution in [0.5, 0.6) is 5.75 Å². The van der Waals surface area contributed by atoms with E-state index < -0.39 is 0 Å². The van der Waals surface area contributed by atoms with E-state index in [0.717, 1.165) is 11.3 Å². The lowest BCUT2D eigenvalue weighted by molar-refractivity contribution is 0.287. The number of aromatic nitrogens is 2. The number of aryl methyl sites for hydroxylation is 1. The highest BCUT2D eigenvalue weighted by atomic mass is 32.1. The summed E-state index contributed by atoms with van der Waals surface area (Å²) < 4.78 is 6.96. The van der Waals surface area contributed by atoms with E-state index in [9.17, 15) is 4.79 Å². The first kappa shape index (κ1) is 14.2. The average Bonchev–Trinajstić information content (AvgIpc) is 2.43. The Hall–Kier alpha value is -2.21. The molecule has 0 aliphatic heterocycles. The van der Waals surface area contributed by atoms with Gasteiger partial charge in [-0.25, -0.2) is 4.68 Å². The first-order valence-corrected chi connectivity index (χ1v) is 6.54. The van der Waals surface area contributed by atoms with E-state index in [0.29, 0.717) is 23.9 Å². The highest BCUT2D eigenvalue weighted by Crippen LogP contribution is 2.13. The Bertz CT molecular complexity index is 682. The summed E-state index contributed by atoms with van der Waals surface area (Å²) >= 11 is 4.91. The standard InChI is InChI=1S/C14H15N3O2S/c1-10-5-6-13(18)17(16-10)7-8-19-12-4-2-3-11(9-12)14(15)20/h2-6,9H,7-8H2,1H3,(H2,15,20). The fourth-order valence-corrected chi connectivity index (χ4v) is 1.83. The van der Waals surface area contributed by atoms with Crippen molar-refractivity contribution >= 4 is 17.2 Å². The summed E-state index contributed by atoms with van der Waals surface area (Å²) in [7, 11) is 0. The molecule has 6 heteroatoms. The number of hydrogen-bond acceptors (Lipinski definition) is 4. The second-order valence-electron chi connectivity index (χ2n) is 4.28. The van der Waals surface area contributed by atoms with E-state index in [1.807, 2.05) is 25.1 Å². The van der Waals surface area contributed by atoms with Crippen LogP contribution in [0.4, 0.5) is 0 Å². The Kier molecular flexibility index (Phi) is 4.47. The van der Waals surface area contributed by atoms with Crippen LogP contribution in [0.3, 0.4) is 0 Å². The molecular weight excluding hydrogens is 274 g/mol. The predicted octanol–water partition coefficient (Wildman–Crippen LogP) is 1.26. The van der Waals surface area contributed by atoms with Crippen molar-refractivity contribution in [2.24, 2.45) is 5.73 Å². The van der Waals surface area contributed by atoms with Crippen LogP contribution < -0.4 is 16.0 Å². The molecule has 2 aromatic rings. The van der Waals surface area contributed by atoms with E-state index in [1.165, 1.54) is 10.7 Å². The smallest absolute Gasteiger partial charge is 0.266 e. The molecule has 2 rings (SSSR count). The van der Waals surface area contributed by atoms with Gasteiger partial charge in [-0.3, -0.25) is 4.79 Å². The fourth-order valence-electron chi connectivity index (χ4n) is 1.70. The summed E-state index contributed by atoms with van der Waals surface area (Å²) in [4.78, 5) is 11.9. The molecular formula is C14H15N3O2S. The average molecular weight is 289 g/mol. The first-order chi connectivity index (χ1) is 9.56. The molecule has 1 heterocycles. The van der Waals surface area contributed by atoms with Gasteiger partial charge in [-0.15, -0.1) is 0 Å². The van der Waals surface area contributed by atoms with Crippen LogP contribution in [-0.2, 0) is 6.54 Å². The van der Waals surface area contributed by atoms with E-state index in [2.05, 4.69) is 5.10 Å². The number of ether oxygens (including phenoxy) is 1. The molecule has 0 atom stereocenters. The topological polar surface area (TPSA) is 70.1 Å². The van der Waals surface area contributed by atoms with Crippen molar-refractivity contribution < 1.29 is 4.74 Å². The van der Waals surface area contributed by atoms with E-state index >= 15 is 0 Å². The summed E-state index contributed by atoms with van der Waals surface area (Å²) in [6.07, 6.45) is 0. The van der Waals surface area contributed by atoms with Crippen LogP contribution in [0.2, 0.25) is 0 Å². The zero-order chi connectivity index (χ0) is 14.5. The normalized spacial score (nSPS) is 10.2. The fraction of sp³-hybridized carbons (Fsp3) is 0.214. The maximum absolute atomic E-state index is 11.6. The van der Waals surface area contributed by atoms with Crippen molar-refractivity contribution in [3.8, 4) is 5.75 Å². The summed E-state index contributed by atoms with van der Waals surface area (Å²) in [6, 6.07) is 10.4. The number of thiocarbonyl (C=S) groups is 1. The number of benzene rings is 1. The minimum Gasteiger partial charge on any atom is -0.492 e. The van der Waals surface area contributed by atoms with Crippen molar-refractivity contribution in [1.29, 1.82) is 0 Å². The largest absolute Gasteiger partial charge is 0.492 e. The molecule has 1 aromatic heterocycles. The van der Waals surface area contributed by atoms with Gasteiger partial charge in [0.2, 0.25) is 0 Å². The third-order valence-electron chi connectivity index (χ3n) is 2.69. The molecule has 0 aliphatic rings. The Morgan fingerprint density at radius 2 is 2.20 bits per heavy atom. The summed E-state index contributed by atoms with van der Waals surface area (Å²) in [5, 5.41) is 4.13. The molecule has 5 nitrogen and oxygen atoms in total. The summed E-state index contributed by atoms with van der Waals surface area (Å²) in [5.41, 5.74) is 6.96. The maximum Gasteiger partial charge on any atom is 0.266 e. The molecule has 0 amide bonds. The van der Waals surface area contributed by atoms with Gasteiger partial charge < -0.3 is 10.5 Å². The Morgan fingerprint density at radius 3 is 2.95 bits per heavy atom. The van der Waals surface area contributed by atoms with Gasteiger partial charge in [0.25, 0.3) is 5.56 Å². The second-order valence-corrected chi connectivity index (χ2v) is 4.72. The molecule has 104 valence electrons. The number of nitrogens with zero attached hydrogens (tertiary/aromatic N) is 2. The molecule has 0 radical (unpaired) electrons. The lowest BCUT2D eigenvalue weighted by atomic mass is 10.2. The molecule has 0 fully saturated rings. The lowest BCUT2D eigenvalue weighted by Gasteiger charge is -2.09. The van der Waals surface area contributed by atoms with Gasteiger partial charge in [0.15, 0.2) is 0 Å². The molecule has 0 saturated carbocycles. The molecule has 20 heavy (non-hydrogen) atoms. The van der Waals surface area contributed by atoms with Crippen molar-refractivity contribution in [2.45, 2.75) is 13.5 Å². The van der Waals surface area contributed by atoms with Gasteiger partial charge in [0.1, 0.15) is 17.3 Å². The van der Waals surface area contributed by atoms with Crippen molar-refractivity contribution in [3.63, 3.8) is 0 Å². The van der Waals surface area contributed by atoms with Gasteiger partial charge in [-0.05, 0) is 25.1 Å². The Balaban J connectivity index is 1.99.